The summed E-state index contributed by atoms with van der Waals surface area (Å²) in [6, 6.07) is 8.01. The molecule has 0 nitrogen and oxygen atoms in total. The Hall–Kier alpha value is 0.219. The molecular weight excluding hydrogens is 231 g/mol. The first-order chi connectivity index (χ1) is 3.80. The molecule has 0 aromatic heterocycles. The van der Waals surface area contributed by atoms with Crippen LogP contribution in [0, 0.1) is 0 Å². The number of benzene rings is 1. The maximum absolute atomic E-state index is 3.36. The molecular formula is C6H4BrSe. The predicted molar refractivity (Wildman–Crippen MR) is 39.5 cm³/mol. The summed E-state index contributed by atoms with van der Waals surface area (Å²) in [5.74, 6) is 0. The van der Waals surface area contributed by atoms with E-state index in [1.54, 1.807) is 0 Å². The van der Waals surface area contributed by atoms with E-state index < -0.39 is 0 Å². The molecule has 0 aliphatic heterocycles. The summed E-state index contributed by atoms with van der Waals surface area (Å²) in [6.45, 7) is 0. The molecule has 0 bridgehead atoms. The summed E-state index contributed by atoms with van der Waals surface area (Å²) in [6.07, 6.45) is 0. The van der Waals surface area contributed by atoms with E-state index in [0.717, 1.165) is 8.93 Å². The molecule has 41 valence electrons. The van der Waals surface area contributed by atoms with Crippen LogP contribution in [0.15, 0.2) is 28.7 Å². The van der Waals surface area contributed by atoms with Crippen LogP contribution in [-0.4, -0.2) is 16.0 Å². The Morgan fingerprint density at radius 2 is 1.88 bits per heavy atom. The Morgan fingerprint density at radius 1 is 1.25 bits per heavy atom. The Balaban J connectivity index is 3.13. The summed E-state index contributed by atoms with van der Waals surface area (Å²) in [7, 11) is 0. The maximum atomic E-state index is 3.36. The van der Waals surface area contributed by atoms with Crippen molar-refractivity contribution in [2.24, 2.45) is 0 Å². The standard InChI is InChI=1S/C6H4BrSe/c7-5-3-1-2-4-6(5)8/h1-4H. The van der Waals surface area contributed by atoms with Crippen LogP contribution in [0.4, 0.5) is 0 Å². The summed E-state index contributed by atoms with van der Waals surface area (Å²) >= 11 is 6.29. The van der Waals surface area contributed by atoms with Gasteiger partial charge in [-0.2, -0.15) is 0 Å². The number of hydrogen-bond acceptors (Lipinski definition) is 0. The van der Waals surface area contributed by atoms with Crippen molar-refractivity contribution in [1.82, 2.24) is 0 Å². The van der Waals surface area contributed by atoms with E-state index in [0.29, 0.717) is 0 Å². The average molecular weight is 235 g/mol. The fourth-order valence-corrected chi connectivity index (χ4v) is 1.04. The van der Waals surface area contributed by atoms with Crippen molar-refractivity contribution < 1.29 is 0 Å². The topological polar surface area (TPSA) is 0 Å². The molecule has 0 fully saturated rings. The number of halogens is 1. The fraction of sp³-hybridized carbons (Fsp3) is 0. The second-order valence-electron chi connectivity index (χ2n) is 1.43. The van der Waals surface area contributed by atoms with Crippen LogP contribution in [-0.2, 0) is 0 Å². The monoisotopic (exact) mass is 235 g/mol. The average Bonchev–Trinajstić information content (AvgIpc) is 1.77. The molecule has 1 aromatic rings. The van der Waals surface area contributed by atoms with Crippen LogP contribution < -0.4 is 4.46 Å². The van der Waals surface area contributed by atoms with Crippen LogP contribution in [0.3, 0.4) is 0 Å². The van der Waals surface area contributed by atoms with Gasteiger partial charge in [-0.25, -0.2) is 0 Å². The van der Waals surface area contributed by atoms with Gasteiger partial charge in [0.25, 0.3) is 0 Å². The van der Waals surface area contributed by atoms with Gasteiger partial charge < -0.3 is 0 Å². The molecule has 0 saturated carbocycles. The van der Waals surface area contributed by atoms with E-state index in [1.807, 2.05) is 24.3 Å². The van der Waals surface area contributed by atoms with Crippen LogP contribution >= 0.6 is 15.9 Å². The van der Waals surface area contributed by atoms with Gasteiger partial charge in [-0.15, -0.1) is 0 Å². The van der Waals surface area contributed by atoms with Crippen molar-refractivity contribution in [2.75, 3.05) is 0 Å². The third-order valence-corrected chi connectivity index (χ3v) is 2.87. The predicted octanol–water partition coefficient (Wildman–Crippen LogP) is 1.24. The first-order valence-corrected chi connectivity index (χ1v) is 3.87. The molecule has 1 rings (SSSR count). The van der Waals surface area contributed by atoms with Crippen molar-refractivity contribution in [3.8, 4) is 0 Å². The Bertz CT molecular complexity index is 165. The second-order valence-corrected chi connectivity index (χ2v) is 3.21. The molecule has 0 N–H and O–H groups in total. The van der Waals surface area contributed by atoms with Crippen LogP contribution in [0.5, 0.6) is 0 Å². The minimum atomic E-state index is 1.12. The zero-order valence-corrected chi connectivity index (χ0v) is 7.39. The molecule has 0 saturated heterocycles. The van der Waals surface area contributed by atoms with Crippen LogP contribution in [0.2, 0.25) is 0 Å². The van der Waals surface area contributed by atoms with E-state index in [9.17, 15) is 0 Å². The van der Waals surface area contributed by atoms with Crippen LogP contribution in [0.1, 0.15) is 0 Å². The third kappa shape index (κ3) is 1.35. The number of rotatable bonds is 0. The van der Waals surface area contributed by atoms with E-state index in [2.05, 4.69) is 31.9 Å². The molecule has 8 heavy (non-hydrogen) atoms. The fourth-order valence-electron chi connectivity index (χ4n) is 0.445. The van der Waals surface area contributed by atoms with Gasteiger partial charge in [0.15, 0.2) is 0 Å². The molecule has 2 heteroatoms. The Morgan fingerprint density at radius 3 is 2.25 bits per heavy atom. The van der Waals surface area contributed by atoms with E-state index >= 15 is 0 Å². The molecule has 0 heterocycles. The van der Waals surface area contributed by atoms with Gasteiger partial charge in [-0.05, 0) is 0 Å². The normalized spacial score (nSPS) is 9.12. The van der Waals surface area contributed by atoms with Gasteiger partial charge in [0.05, 0.1) is 0 Å². The Labute approximate surface area is 65.2 Å². The van der Waals surface area contributed by atoms with Crippen molar-refractivity contribution in [3.05, 3.63) is 28.7 Å². The molecule has 0 unspecified atom stereocenters. The summed E-state index contributed by atoms with van der Waals surface area (Å²) in [5.41, 5.74) is 0. The van der Waals surface area contributed by atoms with Crippen LogP contribution in [0.25, 0.3) is 0 Å². The van der Waals surface area contributed by atoms with E-state index in [-0.39, 0.29) is 0 Å². The van der Waals surface area contributed by atoms with Gasteiger partial charge >= 0.3 is 65.1 Å². The van der Waals surface area contributed by atoms with Gasteiger partial charge in [-0.1, -0.05) is 0 Å². The second kappa shape index (κ2) is 2.67. The summed E-state index contributed by atoms with van der Waals surface area (Å²) in [5, 5.41) is 0. The van der Waals surface area contributed by atoms with E-state index in [1.165, 1.54) is 0 Å². The van der Waals surface area contributed by atoms with Crippen molar-refractivity contribution in [3.63, 3.8) is 0 Å². The zero-order chi connectivity index (χ0) is 5.98. The third-order valence-electron chi connectivity index (χ3n) is 0.837. The van der Waals surface area contributed by atoms with Gasteiger partial charge in [0.1, 0.15) is 0 Å². The van der Waals surface area contributed by atoms with Crippen molar-refractivity contribution in [2.45, 2.75) is 0 Å². The SMILES string of the molecule is [Se]c1ccccc1Br. The van der Waals surface area contributed by atoms with Crippen molar-refractivity contribution >= 4 is 36.4 Å². The first-order valence-electron chi connectivity index (χ1n) is 2.22. The quantitative estimate of drug-likeness (QED) is 0.593. The molecule has 1 aromatic carbocycles. The summed E-state index contributed by atoms with van der Waals surface area (Å²) < 4.78 is 2.28. The van der Waals surface area contributed by atoms with Gasteiger partial charge in [0, 0.05) is 0 Å². The number of hydrogen-bond donors (Lipinski definition) is 0. The van der Waals surface area contributed by atoms with E-state index in [4.69, 9.17) is 0 Å². The molecule has 0 aliphatic carbocycles. The Kier molecular flexibility index (Phi) is 2.12. The summed E-state index contributed by atoms with van der Waals surface area (Å²) in [4.78, 5) is 0. The molecule has 0 amide bonds. The van der Waals surface area contributed by atoms with Gasteiger partial charge in [-0.3, -0.25) is 0 Å². The molecule has 0 spiro atoms. The first kappa shape index (κ1) is 6.34. The molecule has 1 radical (unpaired) electrons. The molecule has 0 atom stereocenters. The van der Waals surface area contributed by atoms with Gasteiger partial charge in [0.2, 0.25) is 0 Å². The minimum absolute atomic E-state index is 1.12. The zero-order valence-electron chi connectivity index (χ0n) is 4.10. The van der Waals surface area contributed by atoms with Crippen molar-refractivity contribution in [1.29, 1.82) is 0 Å². The molecule has 0 aliphatic rings.